The van der Waals surface area contributed by atoms with E-state index in [0.717, 1.165) is 0 Å². The third-order valence-electron chi connectivity index (χ3n) is 1.48. The Bertz CT molecular complexity index is 154. The molecular formula is C8H17FO2Si. The maximum atomic E-state index is 13.2. The van der Waals surface area contributed by atoms with Crippen molar-refractivity contribution in [1.29, 1.82) is 0 Å². The summed E-state index contributed by atoms with van der Waals surface area (Å²) < 4.78 is 17.9. The van der Waals surface area contributed by atoms with Crippen LogP contribution < -0.4 is 0 Å². The Kier molecular flexibility index (Phi) is 4.45. The van der Waals surface area contributed by atoms with Gasteiger partial charge in [-0.1, -0.05) is 6.92 Å². The second kappa shape index (κ2) is 4.60. The molecule has 4 heteroatoms. The van der Waals surface area contributed by atoms with Gasteiger partial charge in [0, 0.05) is 0 Å². The molecule has 1 unspecified atom stereocenters. The van der Waals surface area contributed by atoms with E-state index in [2.05, 4.69) is 0 Å². The highest BCUT2D eigenvalue weighted by Crippen LogP contribution is 2.18. The summed E-state index contributed by atoms with van der Waals surface area (Å²) in [5.41, 5.74) is 0. The highest BCUT2D eigenvalue weighted by molar-refractivity contribution is 6.70. The average Bonchev–Trinajstić information content (AvgIpc) is 1.84. The molecule has 0 aromatic heterocycles. The predicted molar refractivity (Wildman–Crippen MR) is 49.2 cm³/mol. The van der Waals surface area contributed by atoms with Crippen LogP contribution in [0.4, 0.5) is 4.11 Å². The SMILES string of the molecule is CCOC(=O)C(C)C[Si](C)(C)F. The van der Waals surface area contributed by atoms with Gasteiger partial charge in [0.1, 0.15) is 0 Å². The number of rotatable bonds is 4. The Labute approximate surface area is 74.3 Å². The maximum absolute atomic E-state index is 13.2. The van der Waals surface area contributed by atoms with Crippen molar-refractivity contribution in [2.24, 2.45) is 5.92 Å². The van der Waals surface area contributed by atoms with Gasteiger partial charge in [0.2, 0.25) is 8.41 Å². The molecule has 12 heavy (non-hydrogen) atoms. The summed E-state index contributed by atoms with van der Waals surface area (Å²) in [6.45, 7) is 7.04. The van der Waals surface area contributed by atoms with E-state index in [0.29, 0.717) is 12.7 Å². The fourth-order valence-corrected chi connectivity index (χ4v) is 2.72. The minimum absolute atomic E-state index is 0.282. The van der Waals surface area contributed by atoms with E-state index < -0.39 is 8.41 Å². The van der Waals surface area contributed by atoms with Crippen molar-refractivity contribution in [1.82, 2.24) is 0 Å². The zero-order valence-corrected chi connectivity index (χ0v) is 9.19. The van der Waals surface area contributed by atoms with Crippen molar-refractivity contribution in [2.75, 3.05) is 6.61 Å². The molecule has 1 atom stereocenters. The lowest BCUT2D eigenvalue weighted by molar-refractivity contribution is -0.146. The molecule has 0 aromatic rings. The van der Waals surface area contributed by atoms with Crippen molar-refractivity contribution in [3.63, 3.8) is 0 Å². The number of ether oxygens (including phenoxy) is 1. The number of carbonyl (C=O) groups is 1. The maximum Gasteiger partial charge on any atom is 0.308 e. The van der Waals surface area contributed by atoms with Crippen LogP contribution >= 0.6 is 0 Å². The second-order valence-electron chi connectivity index (χ2n) is 3.58. The molecule has 2 nitrogen and oxygen atoms in total. The zero-order chi connectivity index (χ0) is 9.78. The first-order valence-electron chi connectivity index (χ1n) is 4.22. The average molecular weight is 192 g/mol. The smallest absolute Gasteiger partial charge is 0.308 e. The van der Waals surface area contributed by atoms with Gasteiger partial charge in [0.05, 0.1) is 12.5 Å². The van der Waals surface area contributed by atoms with Crippen molar-refractivity contribution < 1.29 is 13.6 Å². The largest absolute Gasteiger partial charge is 0.466 e. The fraction of sp³-hybridized carbons (Fsp3) is 0.875. The van der Waals surface area contributed by atoms with Gasteiger partial charge in [0.25, 0.3) is 0 Å². The molecular weight excluding hydrogens is 175 g/mol. The van der Waals surface area contributed by atoms with Crippen LogP contribution in [0.15, 0.2) is 0 Å². The molecule has 0 aliphatic carbocycles. The molecule has 0 aliphatic rings. The quantitative estimate of drug-likeness (QED) is 0.388. The summed E-state index contributed by atoms with van der Waals surface area (Å²) in [4.78, 5) is 11.1. The first kappa shape index (κ1) is 11.6. The van der Waals surface area contributed by atoms with Crippen molar-refractivity contribution in [2.45, 2.75) is 33.0 Å². The first-order chi connectivity index (χ1) is 5.37. The lowest BCUT2D eigenvalue weighted by atomic mass is 10.2. The molecule has 0 rings (SSSR count). The van der Waals surface area contributed by atoms with Crippen LogP contribution in [-0.4, -0.2) is 21.0 Å². The molecule has 0 aliphatic heterocycles. The van der Waals surface area contributed by atoms with Gasteiger partial charge in [-0.25, -0.2) is 0 Å². The van der Waals surface area contributed by atoms with E-state index >= 15 is 0 Å². The van der Waals surface area contributed by atoms with Crippen molar-refractivity contribution in [3.05, 3.63) is 0 Å². The van der Waals surface area contributed by atoms with Crippen LogP contribution in [0.3, 0.4) is 0 Å². The van der Waals surface area contributed by atoms with Gasteiger partial charge in [-0.3, -0.25) is 4.79 Å². The molecule has 0 N–H and O–H groups in total. The Hall–Kier alpha value is -0.383. The van der Waals surface area contributed by atoms with Crippen molar-refractivity contribution in [3.8, 4) is 0 Å². The Morgan fingerprint density at radius 1 is 1.58 bits per heavy atom. The molecule has 0 fully saturated rings. The van der Waals surface area contributed by atoms with Gasteiger partial charge in [-0.15, -0.1) is 0 Å². The van der Waals surface area contributed by atoms with E-state index in [1.807, 2.05) is 0 Å². The summed E-state index contributed by atoms with van der Waals surface area (Å²) in [5, 5.41) is 0. The molecule has 0 heterocycles. The number of hydrogen-bond donors (Lipinski definition) is 0. The number of carbonyl (C=O) groups excluding carboxylic acids is 1. The molecule has 0 radical (unpaired) electrons. The second-order valence-corrected chi connectivity index (χ2v) is 7.42. The Morgan fingerprint density at radius 2 is 2.08 bits per heavy atom. The van der Waals surface area contributed by atoms with E-state index in [-0.39, 0.29) is 11.9 Å². The fourth-order valence-electron chi connectivity index (χ4n) is 1.10. The summed E-state index contributed by atoms with van der Waals surface area (Å²) in [7, 11) is -2.61. The molecule has 0 saturated carbocycles. The predicted octanol–water partition coefficient (Wildman–Crippen LogP) is 2.36. The van der Waals surface area contributed by atoms with Gasteiger partial charge >= 0.3 is 5.97 Å². The number of esters is 1. The van der Waals surface area contributed by atoms with Crippen LogP contribution in [0.1, 0.15) is 13.8 Å². The molecule has 0 saturated heterocycles. The molecule has 72 valence electrons. The third-order valence-corrected chi connectivity index (χ3v) is 3.06. The molecule has 0 amide bonds. The van der Waals surface area contributed by atoms with E-state index in [1.54, 1.807) is 26.9 Å². The van der Waals surface area contributed by atoms with Crippen molar-refractivity contribution >= 4 is 14.4 Å². The van der Waals surface area contributed by atoms with Gasteiger partial charge in [-0.2, -0.15) is 0 Å². The lowest BCUT2D eigenvalue weighted by Crippen LogP contribution is -2.26. The summed E-state index contributed by atoms with van der Waals surface area (Å²) in [5.74, 6) is -0.577. The minimum atomic E-state index is -2.61. The number of halogens is 1. The molecule has 0 spiro atoms. The monoisotopic (exact) mass is 192 g/mol. The van der Waals surface area contributed by atoms with Crippen LogP contribution in [0.5, 0.6) is 0 Å². The first-order valence-corrected chi connectivity index (χ1v) is 7.31. The summed E-state index contributed by atoms with van der Waals surface area (Å²) in [6, 6.07) is 0.353. The Balaban J connectivity index is 3.87. The van der Waals surface area contributed by atoms with Crippen LogP contribution in [-0.2, 0) is 9.53 Å². The van der Waals surface area contributed by atoms with Gasteiger partial charge in [-0.05, 0) is 26.1 Å². The molecule has 0 aromatic carbocycles. The van der Waals surface area contributed by atoms with Gasteiger partial charge in [0.15, 0.2) is 0 Å². The minimum Gasteiger partial charge on any atom is -0.466 e. The summed E-state index contributed by atoms with van der Waals surface area (Å²) in [6.07, 6.45) is 0. The zero-order valence-electron chi connectivity index (χ0n) is 8.19. The normalized spacial score (nSPS) is 14.1. The van der Waals surface area contributed by atoms with Crippen LogP contribution in [0.25, 0.3) is 0 Å². The van der Waals surface area contributed by atoms with E-state index in [9.17, 15) is 8.90 Å². The highest BCUT2D eigenvalue weighted by Gasteiger charge is 2.27. The Morgan fingerprint density at radius 3 is 2.42 bits per heavy atom. The van der Waals surface area contributed by atoms with Crippen LogP contribution in [0, 0.1) is 5.92 Å². The lowest BCUT2D eigenvalue weighted by Gasteiger charge is -2.15. The van der Waals surface area contributed by atoms with Gasteiger partial charge < -0.3 is 8.84 Å². The highest BCUT2D eigenvalue weighted by atomic mass is 28.4. The summed E-state index contributed by atoms with van der Waals surface area (Å²) >= 11 is 0. The van der Waals surface area contributed by atoms with E-state index in [1.165, 1.54) is 0 Å². The molecule has 0 bridgehead atoms. The standard InChI is InChI=1S/C8H17FO2Si/c1-5-11-8(10)7(2)6-12(3,4)9/h7H,5-6H2,1-4H3. The third kappa shape index (κ3) is 5.29. The van der Waals surface area contributed by atoms with E-state index in [4.69, 9.17) is 4.74 Å². The topological polar surface area (TPSA) is 26.3 Å². The van der Waals surface area contributed by atoms with Crippen LogP contribution in [0.2, 0.25) is 19.1 Å². The number of hydrogen-bond acceptors (Lipinski definition) is 2.